The van der Waals surface area contributed by atoms with Crippen molar-refractivity contribution in [2.75, 3.05) is 24.5 Å². The molecule has 2 aromatic rings. The second kappa shape index (κ2) is 9.23. The molecule has 0 radical (unpaired) electrons. The minimum Gasteiger partial charge on any atom is -0.368 e. The quantitative estimate of drug-likeness (QED) is 0.673. The summed E-state index contributed by atoms with van der Waals surface area (Å²) in [7, 11) is 0. The van der Waals surface area contributed by atoms with Crippen molar-refractivity contribution in [3.8, 4) is 0 Å². The first-order valence-corrected chi connectivity index (χ1v) is 10.3. The molecule has 2 nitrogen and oxygen atoms in total. The van der Waals surface area contributed by atoms with Crippen LogP contribution in [0.25, 0.3) is 0 Å². The van der Waals surface area contributed by atoms with Crippen molar-refractivity contribution in [1.82, 2.24) is 4.90 Å². The SMILES string of the molecule is CCCN(c1ccccc1)C1CC(C)N(CCc2ccccc2)CC1C. The van der Waals surface area contributed by atoms with Gasteiger partial charge in [0.25, 0.3) is 0 Å². The smallest absolute Gasteiger partial charge is 0.0368 e. The van der Waals surface area contributed by atoms with E-state index in [1.54, 1.807) is 0 Å². The number of rotatable bonds is 7. The highest BCUT2D eigenvalue weighted by molar-refractivity contribution is 5.47. The third kappa shape index (κ3) is 4.67. The van der Waals surface area contributed by atoms with E-state index in [9.17, 15) is 0 Å². The number of benzene rings is 2. The maximum atomic E-state index is 2.70. The third-order valence-corrected chi connectivity index (χ3v) is 5.87. The molecule has 0 amide bonds. The van der Waals surface area contributed by atoms with Gasteiger partial charge >= 0.3 is 0 Å². The van der Waals surface area contributed by atoms with E-state index >= 15 is 0 Å². The lowest BCUT2D eigenvalue weighted by Crippen LogP contribution is -2.54. The maximum absolute atomic E-state index is 2.70. The van der Waals surface area contributed by atoms with Crippen LogP contribution in [-0.2, 0) is 6.42 Å². The van der Waals surface area contributed by atoms with E-state index in [0.717, 1.165) is 13.0 Å². The van der Waals surface area contributed by atoms with Crippen LogP contribution in [0.5, 0.6) is 0 Å². The Morgan fingerprint density at radius 1 is 0.962 bits per heavy atom. The van der Waals surface area contributed by atoms with Crippen LogP contribution in [0, 0.1) is 5.92 Å². The van der Waals surface area contributed by atoms with Crippen LogP contribution in [0.4, 0.5) is 5.69 Å². The first kappa shape index (κ1) is 19.0. The molecule has 0 aromatic heterocycles. The summed E-state index contributed by atoms with van der Waals surface area (Å²) in [5.74, 6) is 0.689. The van der Waals surface area contributed by atoms with E-state index in [-0.39, 0.29) is 0 Å². The fourth-order valence-corrected chi connectivity index (χ4v) is 4.41. The number of piperidine rings is 1. The summed E-state index contributed by atoms with van der Waals surface area (Å²) >= 11 is 0. The van der Waals surface area contributed by atoms with Crippen LogP contribution in [0.2, 0.25) is 0 Å². The Kier molecular flexibility index (Phi) is 6.73. The highest BCUT2D eigenvalue weighted by Crippen LogP contribution is 2.30. The number of hydrogen-bond donors (Lipinski definition) is 0. The molecule has 1 fully saturated rings. The second-order valence-corrected chi connectivity index (χ2v) is 7.89. The second-order valence-electron chi connectivity index (χ2n) is 7.89. The molecule has 0 bridgehead atoms. The standard InChI is InChI=1S/C24H34N2/c1-4-16-26(23-13-9-6-10-14-23)24-18-21(3)25(19-20(24)2)17-15-22-11-7-5-8-12-22/h5-14,20-21,24H,4,15-19H2,1-3H3. The Labute approximate surface area is 159 Å². The van der Waals surface area contributed by atoms with Gasteiger partial charge in [-0.3, -0.25) is 4.90 Å². The van der Waals surface area contributed by atoms with Gasteiger partial charge in [-0.25, -0.2) is 0 Å². The average Bonchev–Trinajstić information content (AvgIpc) is 2.68. The summed E-state index contributed by atoms with van der Waals surface area (Å²) in [5, 5.41) is 0. The molecule has 140 valence electrons. The zero-order chi connectivity index (χ0) is 18.4. The molecule has 26 heavy (non-hydrogen) atoms. The zero-order valence-corrected chi connectivity index (χ0v) is 16.6. The van der Waals surface area contributed by atoms with E-state index in [4.69, 9.17) is 0 Å². The number of likely N-dealkylation sites (tertiary alicyclic amines) is 1. The van der Waals surface area contributed by atoms with Gasteiger partial charge in [-0.2, -0.15) is 0 Å². The lowest BCUT2D eigenvalue weighted by molar-refractivity contribution is 0.107. The van der Waals surface area contributed by atoms with Gasteiger partial charge in [-0.1, -0.05) is 62.4 Å². The van der Waals surface area contributed by atoms with Crippen molar-refractivity contribution in [2.24, 2.45) is 5.92 Å². The fourth-order valence-electron chi connectivity index (χ4n) is 4.41. The molecular weight excluding hydrogens is 316 g/mol. The summed E-state index contributed by atoms with van der Waals surface area (Å²) in [5.41, 5.74) is 2.84. The Hall–Kier alpha value is -1.80. The van der Waals surface area contributed by atoms with Gasteiger partial charge in [0.05, 0.1) is 0 Å². The van der Waals surface area contributed by atoms with Crippen LogP contribution >= 0.6 is 0 Å². The summed E-state index contributed by atoms with van der Waals surface area (Å²) in [6, 6.07) is 23.2. The molecule has 0 saturated carbocycles. The molecule has 1 aliphatic heterocycles. The van der Waals surface area contributed by atoms with Crippen LogP contribution in [0.3, 0.4) is 0 Å². The number of nitrogens with zero attached hydrogens (tertiary/aromatic N) is 2. The lowest BCUT2D eigenvalue weighted by Gasteiger charge is -2.47. The Bertz CT molecular complexity index is 640. The Balaban J connectivity index is 1.65. The van der Waals surface area contributed by atoms with E-state index < -0.39 is 0 Å². The minimum atomic E-state index is 0.639. The molecule has 3 atom stereocenters. The number of hydrogen-bond acceptors (Lipinski definition) is 2. The van der Waals surface area contributed by atoms with Gasteiger partial charge in [0, 0.05) is 37.4 Å². The monoisotopic (exact) mass is 350 g/mol. The first-order chi connectivity index (χ1) is 12.7. The summed E-state index contributed by atoms with van der Waals surface area (Å²) in [4.78, 5) is 5.36. The van der Waals surface area contributed by atoms with Crippen LogP contribution < -0.4 is 4.90 Å². The molecule has 0 spiro atoms. The highest BCUT2D eigenvalue weighted by Gasteiger charge is 2.34. The van der Waals surface area contributed by atoms with E-state index in [1.807, 2.05) is 0 Å². The first-order valence-electron chi connectivity index (χ1n) is 10.3. The topological polar surface area (TPSA) is 6.48 Å². The number of anilines is 1. The largest absolute Gasteiger partial charge is 0.368 e. The average molecular weight is 351 g/mol. The van der Waals surface area contributed by atoms with Gasteiger partial charge in [-0.15, -0.1) is 0 Å². The summed E-state index contributed by atoms with van der Waals surface area (Å²) in [6.45, 7) is 10.7. The molecular formula is C24H34N2. The molecule has 1 heterocycles. The van der Waals surface area contributed by atoms with E-state index in [1.165, 1.54) is 37.2 Å². The molecule has 0 aliphatic carbocycles. The predicted octanol–water partition coefficient (Wildman–Crippen LogP) is 5.24. The van der Waals surface area contributed by atoms with E-state index in [0.29, 0.717) is 18.0 Å². The van der Waals surface area contributed by atoms with Gasteiger partial charge in [-0.05, 0) is 49.8 Å². The lowest BCUT2D eigenvalue weighted by atomic mass is 9.87. The zero-order valence-electron chi connectivity index (χ0n) is 16.6. The molecule has 2 heteroatoms. The molecule has 3 rings (SSSR count). The van der Waals surface area contributed by atoms with Crippen LogP contribution in [0.1, 0.15) is 39.2 Å². The predicted molar refractivity (Wildman–Crippen MR) is 113 cm³/mol. The van der Waals surface area contributed by atoms with E-state index in [2.05, 4.69) is 91.2 Å². The molecule has 1 saturated heterocycles. The van der Waals surface area contributed by atoms with Crippen LogP contribution in [0.15, 0.2) is 60.7 Å². The van der Waals surface area contributed by atoms with Crippen molar-refractivity contribution < 1.29 is 0 Å². The third-order valence-electron chi connectivity index (χ3n) is 5.87. The Morgan fingerprint density at radius 3 is 2.27 bits per heavy atom. The Morgan fingerprint density at radius 2 is 1.62 bits per heavy atom. The van der Waals surface area contributed by atoms with Gasteiger partial charge in [0.1, 0.15) is 0 Å². The summed E-state index contributed by atoms with van der Waals surface area (Å²) in [6.07, 6.45) is 3.61. The highest BCUT2D eigenvalue weighted by atomic mass is 15.2. The summed E-state index contributed by atoms with van der Waals surface area (Å²) < 4.78 is 0. The van der Waals surface area contributed by atoms with Crippen molar-refractivity contribution >= 4 is 5.69 Å². The van der Waals surface area contributed by atoms with Crippen molar-refractivity contribution in [1.29, 1.82) is 0 Å². The molecule has 3 unspecified atom stereocenters. The molecule has 2 aromatic carbocycles. The molecule has 1 aliphatic rings. The number of para-hydroxylation sites is 1. The molecule has 0 N–H and O–H groups in total. The van der Waals surface area contributed by atoms with Crippen molar-refractivity contribution in [3.63, 3.8) is 0 Å². The van der Waals surface area contributed by atoms with Gasteiger partial charge in [0.15, 0.2) is 0 Å². The van der Waals surface area contributed by atoms with Gasteiger partial charge in [0.2, 0.25) is 0 Å². The maximum Gasteiger partial charge on any atom is 0.0368 e. The van der Waals surface area contributed by atoms with Crippen molar-refractivity contribution in [3.05, 3.63) is 66.2 Å². The van der Waals surface area contributed by atoms with Crippen LogP contribution in [-0.4, -0.2) is 36.6 Å². The fraction of sp³-hybridized carbons (Fsp3) is 0.500. The minimum absolute atomic E-state index is 0.639. The van der Waals surface area contributed by atoms with Crippen molar-refractivity contribution in [2.45, 2.75) is 52.1 Å². The normalized spacial score (nSPS) is 23.7. The van der Waals surface area contributed by atoms with Gasteiger partial charge < -0.3 is 4.90 Å².